The van der Waals surface area contributed by atoms with Gasteiger partial charge in [0.25, 0.3) is 0 Å². The second kappa shape index (κ2) is 8.82. The maximum absolute atomic E-state index is 10.7. The summed E-state index contributed by atoms with van der Waals surface area (Å²) in [7, 11) is 0. The summed E-state index contributed by atoms with van der Waals surface area (Å²) in [5, 5.41) is 8.78. The summed E-state index contributed by atoms with van der Waals surface area (Å²) >= 11 is 3.41. The first-order valence-corrected chi connectivity index (χ1v) is 9.02. The molecule has 1 aliphatic heterocycles. The molecule has 0 saturated carbocycles. The number of morpholine rings is 1. The van der Waals surface area contributed by atoms with Crippen LogP contribution in [0, 0.1) is 0 Å². The highest BCUT2D eigenvalue weighted by Crippen LogP contribution is 2.24. The monoisotopic (exact) mass is 418 g/mol. The van der Waals surface area contributed by atoms with Gasteiger partial charge in [0.15, 0.2) is 6.61 Å². The van der Waals surface area contributed by atoms with Crippen LogP contribution in [0.15, 0.2) is 51.9 Å². The van der Waals surface area contributed by atoms with Crippen molar-refractivity contribution in [1.82, 2.24) is 0 Å². The first-order valence-electron chi connectivity index (χ1n) is 8.23. The maximum atomic E-state index is 10.7. The van der Waals surface area contributed by atoms with Gasteiger partial charge in [-0.2, -0.15) is 0 Å². The minimum absolute atomic E-state index is 0.392. The number of nitrogens with zero attached hydrogens (tertiary/aromatic N) is 2. The molecule has 1 aliphatic rings. The van der Waals surface area contributed by atoms with Crippen molar-refractivity contribution >= 4 is 39.5 Å². The number of halogens is 1. The average molecular weight is 419 g/mol. The largest absolute Gasteiger partial charge is 0.481 e. The Morgan fingerprint density at radius 3 is 2.65 bits per heavy atom. The molecule has 1 saturated heterocycles. The lowest BCUT2D eigenvalue weighted by Gasteiger charge is -2.28. The predicted molar refractivity (Wildman–Crippen MR) is 104 cm³/mol. The Hall–Kier alpha value is -2.38. The fourth-order valence-electron chi connectivity index (χ4n) is 2.61. The fraction of sp³-hybridized carbons (Fsp3) is 0.263. The third kappa shape index (κ3) is 5.06. The molecule has 7 heteroatoms. The van der Waals surface area contributed by atoms with Crippen molar-refractivity contribution in [2.45, 2.75) is 0 Å². The van der Waals surface area contributed by atoms with E-state index in [2.05, 4.69) is 25.8 Å². The third-order valence-electron chi connectivity index (χ3n) is 3.90. The van der Waals surface area contributed by atoms with Crippen molar-refractivity contribution in [3.63, 3.8) is 0 Å². The molecule has 6 nitrogen and oxygen atoms in total. The standard InChI is InChI=1S/C19H19BrN2O4/c20-15-1-6-18(26-13-19(23)24)14(11-15)12-21-16-2-4-17(5-3-16)22-7-9-25-10-8-22/h1-6,11-12H,7-10,13H2,(H,23,24). The lowest BCUT2D eigenvalue weighted by Crippen LogP contribution is -2.36. The van der Waals surface area contributed by atoms with Gasteiger partial charge < -0.3 is 19.5 Å². The van der Waals surface area contributed by atoms with E-state index in [9.17, 15) is 4.79 Å². The molecule has 1 N–H and O–H groups in total. The molecule has 0 atom stereocenters. The van der Waals surface area contributed by atoms with E-state index in [1.54, 1.807) is 18.3 Å². The highest BCUT2D eigenvalue weighted by molar-refractivity contribution is 9.10. The number of aliphatic carboxylic acids is 1. The molecule has 2 aromatic rings. The maximum Gasteiger partial charge on any atom is 0.341 e. The van der Waals surface area contributed by atoms with Crippen LogP contribution in [-0.4, -0.2) is 50.2 Å². The van der Waals surface area contributed by atoms with Gasteiger partial charge in [-0.15, -0.1) is 0 Å². The molecule has 0 bridgehead atoms. The summed E-state index contributed by atoms with van der Waals surface area (Å²) in [6, 6.07) is 13.3. The van der Waals surface area contributed by atoms with Gasteiger partial charge in [-0.25, -0.2) is 4.79 Å². The van der Waals surface area contributed by atoms with Gasteiger partial charge in [-0.1, -0.05) is 15.9 Å². The molecular weight excluding hydrogens is 400 g/mol. The predicted octanol–water partition coefficient (Wildman–Crippen LogP) is 3.50. The zero-order valence-corrected chi connectivity index (χ0v) is 15.7. The van der Waals surface area contributed by atoms with E-state index in [4.69, 9.17) is 14.6 Å². The van der Waals surface area contributed by atoms with Crippen LogP contribution in [0.1, 0.15) is 5.56 Å². The quantitative estimate of drug-likeness (QED) is 0.726. The molecule has 3 rings (SSSR count). The highest BCUT2D eigenvalue weighted by Gasteiger charge is 2.10. The van der Waals surface area contributed by atoms with Crippen LogP contribution in [0.5, 0.6) is 5.75 Å². The molecular formula is C19H19BrN2O4. The van der Waals surface area contributed by atoms with Crippen molar-refractivity contribution < 1.29 is 19.4 Å². The summed E-state index contributed by atoms with van der Waals surface area (Å²) in [5.41, 5.74) is 2.67. The molecule has 0 spiro atoms. The smallest absolute Gasteiger partial charge is 0.341 e. The Labute approximate surface area is 160 Å². The summed E-state index contributed by atoms with van der Waals surface area (Å²) in [6.07, 6.45) is 1.67. The number of hydrogen-bond acceptors (Lipinski definition) is 5. The van der Waals surface area contributed by atoms with E-state index in [-0.39, 0.29) is 0 Å². The van der Waals surface area contributed by atoms with Crippen LogP contribution in [-0.2, 0) is 9.53 Å². The Kier molecular flexibility index (Phi) is 6.25. The van der Waals surface area contributed by atoms with E-state index < -0.39 is 12.6 Å². The number of hydrogen-bond donors (Lipinski definition) is 1. The minimum atomic E-state index is -1.02. The van der Waals surface area contributed by atoms with E-state index in [0.29, 0.717) is 11.3 Å². The summed E-state index contributed by atoms with van der Waals surface area (Å²) in [6.45, 7) is 2.90. The molecule has 1 fully saturated rings. The Morgan fingerprint density at radius 2 is 1.96 bits per heavy atom. The SMILES string of the molecule is O=C(O)COc1ccc(Br)cc1C=Nc1ccc(N2CCOCC2)cc1. The van der Waals surface area contributed by atoms with Crippen molar-refractivity contribution in [2.75, 3.05) is 37.8 Å². The number of aliphatic imine (C=N–C) groups is 1. The summed E-state index contributed by atoms with van der Waals surface area (Å²) < 4.78 is 11.5. The van der Waals surface area contributed by atoms with Gasteiger partial charge in [0.2, 0.25) is 0 Å². The molecule has 26 heavy (non-hydrogen) atoms. The van der Waals surface area contributed by atoms with Crippen molar-refractivity contribution in [1.29, 1.82) is 0 Å². The van der Waals surface area contributed by atoms with Crippen LogP contribution in [0.25, 0.3) is 0 Å². The van der Waals surface area contributed by atoms with E-state index in [0.717, 1.165) is 42.2 Å². The molecule has 0 aliphatic carbocycles. The normalized spacial score (nSPS) is 14.6. The summed E-state index contributed by atoms with van der Waals surface area (Å²) in [4.78, 5) is 17.5. The van der Waals surface area contributed by atoms with Crippen molar-refractivity contribution in [3.8, 4) is 5.75 Å². The Morgan fingerprint density at radius 1 is 1.23 bits per heavy atom. The minimum Gasteiger partial charge on any atom is -0.481 e. The van der Waals surface area contributed by atoms with Crippen LogP contribution in [0.2, 0.25) is 0 Å². The van der Waals surface area contributed by atoms with Crippen LogP contribution in [0.4, 0.5) is 11.4 Å². The number of ether oxygens (including phenoxy) is 2. The molecule has 0 radical (unpaired) electrons. The van der Waals surface area contributed by atoms with Crippen LogP contribution in [0.3, 0.4) is 0 Å². The molecule has 2 aromatic carbocycles. The molecule has 136 valence electrons. The lowest BCUT2D eigenvalue weighted by atomic mass is 10.2. The molecule has 0 amide bonds. The first-order chi connectivity index (χ1) is 12.6. The van der Waals surface area contributed by atoms with Gasteiger partial charge in [0.05, 0.1) is 18.9 Å². The highest BCUT2D eigenvalue weighted by atomic mass is 79.9. The van der Waals surface area contributed by atoms with E-state index in [1.807, 2.05) is 30.3 Å². The van der Waals surface area contributed by atoms with Crippen LogP contribution < -0.4 is 9.64 Å². The second-order valence-corrected chi connectivity index (χ2v) is 6.65. The Bertz CT molecular complexity index is 787. The fourth-order valence-corrected chi connectivity index (χ4v) is 2.99. The van der Waals surface area contributed by atoms with Crippen molar-refractivity contribution in [3.05, 3.63) is 52.5 Å². The molecule has 0 aromatic heterocycles. The van der Waals surface area contributed by atoms with Crippen molar-refractivity contribution in [2.24, 2.45) is 4.99 Å². The van der Waals surface area contributed by atoms with Crippen LogP contribution >= 0.6 is 15.9 Å². The summed E-state index contributed by atoms with van der Waals surface area (Å²) in [5.74, 6) is -0.543. The number of carbonyl (C=O) groups is 1. The Balaban J connectivity index is 1.72. The number of carboxylic acids is 1. The zero-order chi connectivity index (χ0) is 18.4. The second-order valence-electron chi connectivity index (χ2n) is 5.74. The van der Waals surface area contributed by atoms with Gasteiger partial charge in [0.1, 0.15) is 5.75 Å². The zero-order valence-electron chi connectivity index (χ0n) is 14.1. The molecule has 0 unspecified atom stereocenters. The number of carboxylic acid groups (broad SMARTS) is 1. The van der Waals surface area contributed by atoms with Gasteiger partial charge in [-0.05, 0) is 42.5 Å². The molecule has 1 heterocycles. The lowest BCUT2D eigenvalue weighted by molar-refractivity contribution is -0.139. The average Bonchev–Trinajstić information content (AvgIpc) is 2.66. The van der Waals surface area contributed by atoms with E-state index in [1.165, 1.54) is 0 Å². The van der Waals surface area contributed by atoms with Gasteiger partial charge >= 0.3 is 5.97 Å². The number of anilines is 1. The topological polar surface area (TPSA) is 71.4 Å². The van der Waals surface area contributed by atoms with Gasteiger partial charge in [0, 0.05) is 35.0 Å². The number of rotatable bonds is 6. The van der Waals surface area contributed by atoms with E-state index >= 15 is 0 Å². The third-order valence-corrected chi connectivity index (χ3v) is 4.39. The number of benzene rings is 2. The first kappa shape index (κ1) is 18.4. The van der Waals surface area contributed by atoms with Gasteiger partial charge in [-0.3, -0.25) is 4.99 Å².